The molecule has 178 valence electrons. The average Bonchev–Trinajstić information content (AvgIpc) is 3.30. The van der Waals surface area contributed by atoms with Crippen molar-refractivity contribution >= 4 is 17.7 Å². The summed E-state index contributed by atoms with van der Waals surface area (Å²) in [6, 6.07) is 26.0. The molecule has 0 aliphatic carbocycles. The molecule has 0 spiro atoms. The van der Waals surface area contributed by atoms with Crippen LogP contribution in [0.5, 0.6) is 0 Å². The molecule has 3 aromatic carbocycles. The summed E-state index contributed by atoms with van der Waals surface area (Å²) in [5.41, 5.74) is 2.73. The van der Waals surface area contributed by atoms with Gasteiger partial charge in [0, 0.05) is 25.2 Å². The molecule has 0 N–H and O–H groups in total. The van der Waals surface area contributed by atoms with Crippen LogP contribution in [-0.2, 0) is 16.0 Å². The first kappa shape index (κ1) is 23.3. The predicted molar refractivity (Wildman–Crippen MR) is 133 cm³/mol. The Morgan fingerprint density at radius 3 is 2.26 bits per heavy atom. The van der Waals surface area contributed by atoms with Crippen molar-refractivity contribution in [3.63, 3.8) is 0 Å². The van der Waals surface area contributed by atoms with Gasteiger partial charge in [0.2, 0.25) is 5.91 Å². The van der Waals surface area contributed by atoms with Gasteiger partial charge >= 0.3 is 0 Å². The van der Waals surface area contributed by atoms with Crippen molar-refractivity contribution < 1.29 is 13.9 Å². The number of nitrogens with zero attached hydrogens (tertiary/aromatic N) is 4. The molecule has 1 aliphatic rings. The average molecular weight is 489 g/mol. The Morgan fingerprint density at radius 1 is 0.914 bits per heavy atom. The third kappa shape index (κ3) is 5.44. The van der Waals surface area contributed by atoms with Gasteiger partial charge in [-0.05, 0) is 35.4 Å². The maximum Gasteiger partial charge on any atom is 0.240 e. The zero-order chi connectivity index (χ0) is 24.0. The highest BCUT2D eigenvalue weighted by molar-refractivity contribution is 8.00. The Morgan fingerprint density at radius 2 is 1.57 bits per heavy atom. The van der Waals surface area contributed by atoms with Crippen LogP contribution in [0.1, 0.15) is 22.2 Å². The Balaban J connectivity index is 1.53. The second kappa shape index (κ2) is 10.8. The van der Waals surface area contributed by atoms with E-state index in [1.807, 2.05) is 70.1 Å². The summed E-state index contributed by atoms with van der Waals surface area (Å²) in [6.45, 7) is 2.19. The maximum atomic E-state index is 13.7. The van der Waals surface area contributed by atoms with Crippen LogP contribution in [0.4, 0.5) is 4.39 Å². The van der Waals surface area contributed by atoms with Crippen LogP contribution in [0.15, 0.2) is 90.1 Å². The molecule has 0 bridgehead atoms. The van der Waals surface area contributed by atoms with Crippen LogP contribution in [0, 0.1) is 5.82 Å². The standard InChI is InChI=1S/C27H25FN4O2S/c28-22-11-13-23(14-12-22)32-24(19-20-7-3-1-4-8-20)29-30-27(32)35-25(21-9-5-2-6-10-21)26(33)31-15-17-34-18-16-31/h1-14,25H,15-19H2. The maximum absolute atomic E-state index is 13.7. The number of aromatic nitrogens is 3. The number of hydrogen-bond acceptors (Lipinski definition) is 5. The molecule has 1 aliphatic heterocycles. The fourth-order valence-electron chi connectivity index (χ4n) is 4.06. The van der Waals surface area contributed by atoms with E-state index < -0.39 is 5.25 Å². The van der Waals surface area contributed by atoms with E-state index in [2.05, 4.69) is 10.2 Å². The Hall–Kier alpha value is -3.49. The highest BCUT2D eigenvalue weighted by Gasteiger charge is 2.30. The lowest BCUT2D eigenvalue weighted by Gasteiger charge is -2.30. The van der Waals surface area contributed by atoms with Crippen LogP contribution in [0.2, 0.25) is 0 Å². The summed E-state index contributed by atoms with van der Waals surface area (Å²) in [5.74, 6) is 0.420. The SMILES string of the molecule is O=C(C(Sc1nnc(Cc2ccccc2)n1-c1ccc(F)cc1)c1ccccc1)N1CCOCC1. The van der Waals surface area contributed by atoms with Gasteiger partial charge in [-0.15, -0.1) is 10.2 Å². The lowest BCUT2D eigenvalue weighted by molar-refractivity contribution is -0.134. The van der Waals surface area contributed by atoms with E-state index in [1.165, 1.54) is 23.9 Å². The smallest absolute Gasteiger partial charge is 0.240 e. The number of halogens is 1. The summed E-state index contributed by atoms with van der Waals surface area (Å²) in [6.07, 6.45) is 0.555. The largest absolute Gasteiger partial charge is 0.378 e. The van der Waals surface area contributed by atoms with Gasteiger partial charge in [0.15, 0.2) is 5.16 Å². The molecule has 4 aromatic rings. The Kier molecular flexibility index (Phi) is 7.20. The molecule has 5 rings (SSSR count). The molecule has 1 unspecified atom stereocenters. The molecule has 0 saturated carbocycles. The number of amides is 1. The first-order valence-electron chi connectivity index (χ1n) is 11.5. The number of morpholine rings is 1. The van der Waals surface area contributed by atoms with Crippen LogP contribution < -0.4 is 0 Å². The van der Waals surface area contributed by atoms with Crippen LogP contribution in [0.3, 0.4) is 0 Å². The number of hydrogen-bond donors (Lipinski definition) is 0. The topological polar surface area (TPSA) is 60.2 Å². The van der Waals surface area contributed by atoms with Gasteiger partial charge in [-0.2, -0.15) is 0 Å². The number of thioether (sulfide) groups is 1. The molecule has 35 heavy (non-hydrogen) atoms. The fraction of sp³-hybridized carbons (Fsp3) is 0.222. The van der Waals surface area contributed by atoms with Crippen molar-refractivity contribution in [3.8, 4) is 5.69 Å². The minimum absolute atomic E-state index is 0.0164. The normalized spacial score (nSPS) is 14.6. The monoisotopic (exact) mass is 488 g/mol. The molecular weight excluding hydrogens is 463 g/mol. The van der Waals surface area contributed by atoms with Crippen molar-refractivity contribution in [3.05, 3.63) is 108 Å². The minimum Gasteiger partial charge on any atom is -0.378 e. The molecule has 1 saturated heterocycles. The van der Waals surface area contributed by atoms with Gasteiger partial charge in [-0.3, -0.25) is 9.36 Å². The number of rotatable bonds is 7. The summed E-state index contributed by atoms with van der Waals surface area (Å²) in [7, 11) is 0. The molecule has 6 nitrogen and oxygen atoms in total. The number of benzene rings is 3. The van der Waals surface area contributed by atoms with E-state index in [1.54, 1.807) is 12.1 Å². The number of carbonyl (C=O) groups excluding carboxylic acids is 1. The summed E-state index contributed by atoms with van der Waals surface area (Å²) in [4.78, 5) is 15.5. The predicted octanol–water partition coefficient (Wildman–Crippen LogP) is 4.69. The zero-order valence-electron chi connectivity index (χ0n) is 19.1. The molecule has 1 amide bonds. The molecule has 1 aromatic heterocycles. The lowest BCUT2D eigenvalue weighted by Crippen LogP contribution is -2.42. The highest BCUT2D eigenvalue weighted by atomic mass is 32.2. The van der Waals surface area contributed by atoms with Gasteiger partial charge < -0.3 is 9.64 Å². The lowest BCUT2D eigenvalue weighted by atomic mass is 10.1. The van der Waals surface area contributed by atoms with Crippen molar-refractivity contribution in [2.45, 2.75) is 16.8 Å². The Labute approximate surface area is 207 Å². The summed E-state index contributed by atoms with van der Waals surface area (Å²) < 4.78 is 21.1. The molecular formula is C27H25FN4O2S. The van der Waals surface area contributed by atoms with E-state index >= 15 is 0 Å². The second-order valence-electron chi connectivity index (χ2n) is 8.22. The van der Waals surface area contributed by atoms with E-state index in [0.29, 0.717) is 37.9 Å². The first-order chi connectivity index (χ1) is 17.2. The van der Waals surface area contributed by atoms with E-state index in [9.17, 15) is 9.18 Å². The van der Waals surface area contributed by atoms with Gasteiger partial charge in [0.1, 0.15) is 16.9 Å². The van der Waals surface area contributed by atoms with Gasteiger partial charge in [0.05, 0.1) is 13.2 Å². The third-order valence-corrected chi connectivity index (χ3v) is 7.05. The number of carbonyl (C=O) groups is 1. The van der Waals surface area contributed by atoms with E-state index in [4.69, 9.17) is 4.74 Å². The zero-order valence-corrected chi connectivity index (χ0v) is 19.9. The first-order valence-corrected chi connectivity index (χ1v) is 12.4. The van der Waals surface area contributed by atoms with Crippen LogP contribution in [-0.4, -0.2) is 51.9 Å². The van der Waals surface area contributed by atoms with Crippen molar-refractivity contribution in [2.75, 3.05) is 26.3 Å². The van der Waals surface area contributed by atoms with Gasteiger partial charge in [-0.25, -0.2) is 4.39 Å². The number of ether oxygens (including phenoxy) is 1. The van der Waals surface area contributed by atoms with Gasteiger partial charge in [0.25, 0.3) is 0 Å². The fourth-order valence-corrected chi connectivity index (χ4v) is 5.22. The van der Waals surface area contributed by atoms with E-state index in [-0.39, 0.29) is 11.7 Å². The second-order valence-corrected chi connectivity index (χ2v) is 9.29. The molecule has 8 heteroatoms. The molecule has 1 atom stereocenters. The third-order valence-electron chi connectivity index (χ3n) is 5.86. The van der Waals surface area contributed by atoms with Crippen molar-refractivity contribution in [1.82, 2.24) is 19.7 Å². The van der Waals surface area contributed by atoms with Crippen LogP contribution in [0.25, 0.3) is 5.69 Å². The molecule has 2 heterocycles. The quantitative estimate of drug-likeness (QED) is 0.353. The summed E-state index contributed by atoms with van der Waals surface area (Å²) >= 11 is 1.36. The van der Waals surface area contributed by atoms with Crippen LogP contribution >= 0.6 is 11.8 Å². The molecule has 0 radical (unpaired) electrons. The van der Waals surface area contributed by atoms with E-state index in [0.717, 1.165) is 22.6 Å². The van der Waals surface area contributed by atoms with Crippen molar-refractivity contribution in [1.29, 1.82) is 0 Å². The minimum atomic E-state index is -0.498. The van der Waals surface area contributed by atoms with Gasteiger partial charge in [-0.1, -0.05) is 72.4 Å². The Bertz CT molecular complexity index is 1260. The highest BCUT2D eigenvalue weighted by Crippen LogP contribution is 2.37. The molecule has 1 fully saturated rings. The van der Waals surface area contributed by atoms with Crippen molar-refractivity contribution in [2.24, 2.45) is 0 Å². The summed E-state index contributed by atoms with van der Waals surface area (Å²) in [5, 5.41) is 9.06.